The molecule has 0 radical (unpaired) electrons. The van der Waals surface area contributed by atoms with Crippen LogP contribution < -0.4 is 15.2 Å². The average Bonchev–Trinajstić information content (AvgIpc) is 3.09. The number of nitrogens with two attached hydrogens (primary N) is 1. The molecular formula is C19H24N2O2. The second-order valence-corrected chi connectivity index (χ2v) is 5.96. The molecule has 0 unspecified atom stereocenters. The lowest BCUT2D eigenvalue weighted by molar-refractivity contribution is 0.332. The summed E-state index contributed by atoms with van der Waals surface area (Å²) in [7, 11) is 3.34. The molecule has 2 aromatic carbocycles. The maximum atomic E-state index is 6.30. The van der Waals surface area contributed by atoms with E-state index in [0.717, 1.165) is 34.9 Å². The first-order valence-electron chi connectivity index (χ1n) is 8.04. The van der Waals surface area contributed by atoms with Crippen molar-refractivity contribution in [1.82, 2.24) is 4.90 Å². The van der Waals surface area contributed by atoms with Gasteiger partial charge in [-0.3, -0.25) is 4.90 Å². The Balaban J connectivity index is 1.90. The highest BCUT2D eigenvalue weighted by Crippen LogP contribution is 2.35. The van der Waals surface area contributed by atoms with Gasteiger partial charge in [0.1, 0.15) is 11.5 Å². The van der Waals surface area contributed by atoms with E-state index in [9.17, 15) is 0 Å². The smallest absolute Gasteiger partial charge is 0.126 e. The maximum Gasteiger partial charge on any atom is 0.126 e. The molecular weight excluding hydrogens is 288 g/mol. The van der Waals surface area contributed by atoms with E-state index in [4.69, 9.17) is 15.2 Å². The predicted octanol–water partition coefficient (Wildman–Crippen LogP) is 3.55. The lowest BCUT2D eigenvalue weighted by Crippen LogP contribution is -2.19. The second kappa shape index (κ2) is 6.92. The second-order valence-electron chi connectivity index (χ2n) is 5.96. The van der Waals surface area contributed by atoms with E-state index in [1.54, 1.807) is 14.2 Å². The molecule has 3 rings (SSSR count). The summed E-state index contributed by atoms with van der Waals surface area (Å²) in [5.74, 6) is 1.62. The number of likely N-dealkylation sites (tertiary alicyclic amines) is 1. The van der Waals surface area contributed by atoms with Crippen LogP contribution in [0.1, 0.15) is 18.4 Å². The normalized spacial score (nSPS) is 14.9. The third kappa shape index (κ3) is 3.42. The monoisotopic (exact) mass is 312 g/mol. The van der Waals surface area contributed by atoms with Crippen LogP contribution in [0.2, 0.25) is 0 Å². The third-order valence-corrected chi connectivity index (χ3v) is 4.46. The van der Waals surface area contributed by atoms with Crippen molar-refractivity contribution in [2.75, 3.05) is 33.0 Å². The van der Waals surface area contributed by atoms with E-state index in [-0.39, 0.29) is 0 Å². The fourth-order valence-corrected chi connectivity index (χ4v) is 3.13. The number of benzene rings is 2. The summed E-state index contributed by atoms with van der Waals surface area (Å²) in [4.78, 5) is 2.46. The lowest BCUT2D eigenvalue weighted by atomic mass is 10.0. The van der Waals surface area contributed by atoms with E-state index in [1.165, 1.54) is 31.5 Å². The van der Waals surface area contributed by atoms with Crippen molar-refractivity contribution in [3.05, 3.63) is 42.0 Å². The molecule has 0 spiro atoms. The van der Waals surface area contributed by atoms with Crippen LogP contribution in [0.3, 0.4) is 0 Å². The minimum atomic E-state index is 0.806. The van der Waals surface area contributed by atoms with Gasteiger partial charge < -0.3 is 15.2 Å². The first-order valence-corrected chi connectivity index (χ1v) is 8.04. The van der Waals surface area contributed by atoms with Crippen molar-refractivity contribution in [2.24, 2.45) is 0 Å². The number of methoxy groups -OCH3 is 2. The van der Waals surface area contributed by atoms with Crippen LogP contribution in [-0.4, -0.2) is 32.2 Å². The van der Waals surface area contributed by atoms with Crippen molar-refractivity contribution in [3.63, 3.8) is 0 Å². The van der Waals surface area contributed by atoms with Gasteiger partial charge in [0.2, 0.25) is 0 Å². The van der Waals surface area contributed by atoms with Gasteiger partial charge >= 0.3 is 0 Å². The van der Waals surface area contributed by atoms with Gasteiger partial charge in [-0.05, 0) is 61.3 Å². The highest BCUT2D eigenvalue weighted by molar-refractivity contribution is 5.75. The summed E-state index contributed by atoms with van der Waals surface area (Å²) in [5.41, 5.74) is 10.4. The van der Waals surface area contributed by atoms with Crippen LogP contribution in [0.15, 0.2) is 36.4 Å². The summed E-state index contributed by atoms with van der Waals surface area (Å²) < 4.78 is 10.8. The van der Waals surface area contributed by atoms with Gasteiger partial charge in [0, 0.05) is 17.8 Å². The summed E-state index contributed by atoms with van der Waals surface area (Å²) in [6.45, 7) is 3.27. The fourth-order valence-electron chi connectivity index (χ4n) is 3.13. The van der Waals surface area contributed by atoms with Crippen LogP contribution >= 0.6 is 0 Å². The van der Waals surface area contributed by atoms with Gasteiger partial charge in [0.15, 0.2) is 0 Å². The molecule has 1 aliphatic rings. The number of nitrogens with zero attached hydrogens (tertiary/aromatic N) is 1. The molecule has 0 aliphatic carbocycles. The third-order valence-electron chi connectivity index (χ3n) is 4.46. The number of ether oxygens (including phenoxy) is 2. The molecule has 2 N–H and O–H groups in total. The Morgan fingerprint density at radius 1 is 1.00 bits per heavy atom. The van der Waals surface area contributed by atoms with Crippen LogP contribution in [0, 0.1) is 0 Å². The summed E-state index contributed by atoms with van der Waals surface area (Å²) in [5, 5.41) is 0. The number of hydrogen-bond donors (Lipinski definition) is 1. The zero-order valence-corrected chi connectivity index (χ0v) is 13.8. The highest BCUT2D eigenvalue weighted by atomic mass is 16.5. The zero-order valence-electron chi connectivity index (χ0n) is 13.8. The largest absolute Gasteiger partial charge is 0.497 e. The molecule has 1 fully saturated rings. The van der Waals surface area contributed by atoms with E-state index < -0.39 is 0 Å². The Bertz CT molecular complexity index is 679. The standard InChI is InChI=1S/C19H24N2O2/c1-22-16-7-8-19(23-2)17(12-16)14-5-6-15(18(20)11-14)13-21-9-3-4-10-21/h5-8,11-12H,3-4,9-10,13,20H2,1-2H3. The molecule has 2 aromatic rings. The van der Waals surface area contributed by atoms with E-state index in [0.29, 0.717) is 0 Å². The summed E-state index contributed by atoms with van der Waals surface area (Å²) in [6, 6.07) is 12.1. The first kappa shape index (κ1) is 15.7. The Hall–Kier alpha value is -2.20. The molecule has 0 aromatic heterocycles. The molecule has 1 heterocycles. The molecule has 1 aliphatic heterocycles. The van der Waals surface area contributed by atoms with Gasteiger partial charge in [-0.25, -0.2) is 0 Å². The van der Waals surface area contributed by atoms with Crippen LogP contribution in [0.4, 0.5) is 5.69 Å². The number of anilines is 1. The summed E-state index contributed by atoms with van der Waals surface area (Å²) >= 11 is 0. The molecule has 4 heteroatoms. The Morgan fingerprint density at radius 2 is 1.78 bits per heavy atom. The number of hydrogen-bond acceptors (Lipinski definition) is 4. The SMILES string of the molecule is COc1ccc(OC)c(-c2ccc(CN3CCCC3)c(N)c2)c1. The van der Waals surface area contributed by atoms with Crippen molar-refractivity contribution >= 4 is 5.69 Å². The molecule has 4 nitrogen and oxygen atoms in total. The fraction of sp³-hybridized carbons (Fsp3) is 0.368. The van der Waals surface area contributed by atoms with Gasteiger partial charge in [0.05, 0.1) is 14.2 Å². The lowest BCUT2D eigenvalue weighted by Gasteiger charge is -2.17. The zero-order chi connectivity index (χ0) is 16.2. The molecule has 23 heavy (non-hydrogen) atoms. The Morgan fingerprint density at radius 3 is 2.43 bits per heavy atom. The van der Waals surface area contributed by atoms with Gasteiger partial charge in [-0.15, -0.1) is 0 Å². The van der Waals surface area contributed by atoms with Gasteiger partial charge in [-0.2, -0.15) is 0 Å². The molecule has 0 amide bonds. The minimum absolute atomic E-state index is 0.806. The van der Waals surface area contributed by atoms with Gasteiger partial charge in [-0.1, -0.05) is 12.1 Å². The number of rotatable bonds is 5. The Labute approximate surface area is 137 Å². The van der Waals surface area contributed by atoms with E-state index >= 15 is 0 Å². The molecule has 0 bridgehead atoms. The number of nitrogen functional groups attached to an aromatic ring is 1. The average molecular weight is 312 g/mol. The van der Waals surface area contributed by atoms with Crippen LogP contribution in [0.25, 0.3) is 11.1 Å². The van der Waals surface area contributed by atoms with Gasteiger partial charge in [0.25, 0.3) is 0 Å². The molecule has 122 valence electrons. The highest BCUT2D eigenvalue weighted by Gasteiger charge is 2.14. The van der Waals surface area contributed by atoms with Crippen LogP contribution in [0.5, 0.6) is 11.5 Å². The topological polar surface area (TPSA) is 47.7 Å². The van der Waals surface area contributed by atoms with Crippen LogP contribution in [-0.2, 0) is 6.54 Å². The quantitative estimate of drug-likeness (QED) is 0.858. The Kier molecular flexibility index (Phi) is 4.72. The van der Waals surface area contributed by atoms with Crippen molar-refractivity contribution in [2.45, 2.75) is 19.4 Å². The van der Waals surface area contributed by atoms with E-state index in [1.807, 2.05) is 24.3 Å². The molecule has 0 saturated carbocycles. The maximum absolute atomic E-state index is 6.30. The van der Waals surface area contributed by atoms with Crippen molar-refractivity contribution in [3.8, 4) is 22.6 Å². The first-order chi connectivity index (χ1) is 11.2. The van der Waals surface area contributed by atoms with Crippen molar-refractivity contribution in [1.29, 1.82) is 0 Å². The molecule has 1 saturated heterocycles. The molecule has 0 atom stereocenters. The van der Waals surface area contributed by atoms with E-state index in [2.05, 4.69) is 17.0 Å². The summed E-state index contributed by atoms with van der Waals surface area (Å²) in [6.07, 6.45) is 2.58. The minimum Gasteiger partial charge on any atom is -0.497 e. The van der Waals surface area contributed by atoms with Crippen molar-refractivity contribution < 1.29 is 9.47 Å². The predicted molar refractivity (Wildman–Crippen MR) is 93.9 cm³/mol.